The highest BCUT2D eigenvalue weighted by Crippen LogP contribution is 2.45. The summed E-state index contributed by atoms with van der Waals surface area (Å²) in [5, 5.41) is 16.4. The molecule has 2 spiro atoms. The summed E-state index contributed by atoms with van der Waals surface area (Å²) in [6.07, 6.45) is 28.8. The number of allylic oxidation sites excluding steroid dienone is 1. The van der Waals surface area contributed by atoms with E-state index in [9.17, 15) is 9.59 Å². The molecule has 0 amide bonds. The summed E-state index contributed by atoms with van der Waals surface area (Å²) in [5.74, 6) is -0.132. The van der Waals surface area contributed by atoms with Gasteiger partial charge in [-0.2, -0.15) is 0 Å². The molecule has 274 valence electrons. The number of carboxylic acid groups (broad SMARTS) is 1. The van der Waals surface area contributed by atoms with E-state index in [-0.39, 0.29) is 42.5 Å². The monoisotopic (exact) mass is 693 g/mol. The number of hydrogen-bond donors (Lipinski definition) is 3. The Morgan fingerprint density at radius 1 is 0.917 bits per heavy atom. The van der Waals surface area contributed by atoms with Gasteiger partial charge in [0.1, 0.15) is 0 Å². The molecule has 0 bridgehead atoms. The van der Waals surface area contributed by atoms with Crippen molar-refractivity contribution in [3.63, 3.8) is 0 Å². The Bertz CT molecular complexity index is 1100. The fraction of sp³-hybridized carbons (Fsp3) is 0.868. The zero-order valence-corrected chi connectivity index (χ0v) is 30.6. The standard InChI is InChI=1S/C38H63N3O6.ClH/c1-3-31-21-16-17-25-37(47-31)28-30-23-24-32-34(38(26-19-20-29(2)46-38)40-36(39-37)41(30)32)35(44)45-27-18-14-12-10-8-6-4-5-7-9-11-13-15-22-33(42)43;/h16,21,29-32,34H,3-15,17-20,22-28H2,1-2H3,(H2,39,40,42,43);1H/t29-,30+,31+,32-,34-,37+,38-;/m1./s1. The van der Waals surface area contributed by atoms with E-state index < -0.39 is 17.4 Å². The maximum atomic E-state index is 14.0. The molecule has 5 aliphatic heterocycles. The first kappa shape index (κ1) is 39.0. The largest absolute Gasteiger partial charge is 1.00 e. The maximum absolute atomic E-state index is 14.0. The van der Waals surface area contributed by atoms with Gasteiger partial charge in [-0.05, 0) is 58.3 Å². The van der Waals surface area contributed by atoms with Crippen LogP contribution in [-0.2, 0) is 23.8 Å². The van der Waals surface area contributed by atoms with Gasteiger partial charge in [-0.1, -0.05) is 89.7 Å². The summed E-state index contributed by atoms with van der Waals surface area (Å²) in [4.78, 5) is 24.5. The van der Waals surface area contributed by atoms with Crippen LogP contribution in [0.4, 0.5) is 0 Å². The van der Waals surface area contributed by atoms with Crippen molar-refractivity contribution in [3.8, 4) is 0 Å². The van der Waals surface area contributed by atoms with E-state index in [2.05, 4.69) is 41.2 Å². The molecule has 0 aliphatic carbocycles. The van der Waals surface area contributed by atoms with E-state index in [1.54, 1.807) is 0 Å². The molecule has 3 N–H and O–H groups in total. The zero-order valence-electron chi connectivity index (χ0n) is 29.8. The number of nitrogens with zero attached hydrogens (tertiary/aromatic N) is 1. The van der Waals surface area contributed by atoms with Gasteiger partial charge >= 0.3 is 17.9 Å². The Labute approximate surface area is 295 Å². The molecule has 0 saturated carbocycles. The quantitative estimate of drug-likeness (QED) is 0.0844. The van der Waals surface area contributed by atoms with Crippen molar-refractivity contribution in [1.82, 2.24) is 10.6 Å². The lowest BCUT2D eigenvalue weighted by molar-refractivity contribution is -0.609. The zero-order chi connectivity index (χ0) is 33.1. The Balaban J connectivity index is 0.00000520. The molecule has 0 radical (unpaired) electrons. The van der Waals surface area contributed by atoms with Gasteiger partial charge in [-0.15, -0.1) is 0 Å². The van der Waals surface area contributed by atoms with E-state index in [1.165, 1.54) is 51.4 Å². The molecule has 2 fully saturated rings. The summed E-state index contributed by atoms with van der Waals surface area (Å²) in [7, 11) is 0. The molecular weight excluding hydrogens is 630 g/mol. The van der Waals surface area contributed by atoms with E-state index in [4.69, 9.17) is 19.3 Å². The first-order chi connectivity index (χ1) is 22.8. The van der Waals surface area contributed by atoms with Crippen molar-refractivity contribution in [2.24, 2.45) is 5.92 Å². The number of halogens is 1. The third kappa shape index (κ3) is 10.1. The van der Waals surface area contributed by atoms with Crippen molar-refractivity contribution < 1.29 is 45.9 Å². The number of guanidine groups is 1. The topological polar surface area (TPSA) is 109 Å². The van der Waals surface area contributed by atoms with Gasteiger partial charge in [-0.25, -0.2) is 10.6 Å². The van der Waals surface area contributed by atoms with Crippen LogP contribution in [0.15, 0.2) is 12.2 Å². The van der Waals surface area contributed by atoms with Crippen LogP contribution in [0.3, 0.4) is 0 Å². The average molecular weight is 694 g/mol. The van der Waals surface area contributed by atoms with Crippen LogP contribution in [0.25, 0.3) is 0 Å². The van der Waals surface area contributed by atoms with Crippen molar-refractivity contribution >= 4 is 17.9 Å². The second-order valence-corrected chi connectivity index (χ2v) is 15.1. The first-order valence-corrected chi connectivity index (χ1v) is 19.5. The van der Waals surface area contributed by atoms with Crippen LogP contribution in [0.2, 0.25) is 0 Å². The highest BCUT2D eigenvalue weighted by Gasteiger charge is 2.64. The molecular formula is C38H64ClN3O6. The third-order valence-corrected chi connectivity index (χ3v) is 11.4. The number of ether oxygens (including phenoxy) is 3. The Kier molecular flexibility index (Phi) is 15.4. The number of rotatable bonds is 18. The number of nitrogens with one attached hydrogen (secondary N) is 2. The second-order valence-electron chi connectivity index (χ2n) is 15.1. The second kappa shape index (κ2) is 19.0. The number of unbranched alkanes of at least 4 members (excludes halogenated alkanes) is 12. The van der Waals surface area contributed by atoms with Crippen molar-refractivity contribution in [2.45, 2.75) is 197 Å². The molecule has 5 rings (SSSR count). The van der Waals surface area contributed by atoms with Gasteiger partial charge in [0.2, 0.25) is 5.72 Å². The molecule has 0 aromatic carbocycles. The van der Waals surface area contributed by atoms with Crippen LogP contribution >= 0.6 is 0 Å². The van der Waals surface area contributed by atoms with Crippen molar-refractivity contribution in [2.75, 3.05) is 6.61 Å². The minimum absolute atomic E-state index is 0. The van der Waals surface area contributed by atoms with Crippen LogP contribution < -0.4 is 23.0 Å². The summed E-state index contributed by atoms with van der Waals surface area (Å²) >= 11 is 0. The molecule has 9 nitrogen and oxygen atoms in total. The summed E-state index contributed by atoms with van der Waals surface area (Å²) in [5.41, 5.74) is -1.15. The smallest absolute Gasteiger partial charge is 0.350 e. The third-order valence-electron chi connectivity index (χ3n) is 11.4. The van der Waals surface area contributed by atoms with Gasteiger partial charge < -0.3 is 31.7 Å². The average Bonchev–Trinajstić information content (AvgIpc) is 3.34. The van der Waals surface area contributed by atoms with E-state index in [0.717, 1.165) is 95.9 Å². The molecule has 10 heteroatoms. The summed E-state index contributed by atoms with van der Waals surface area (Å²) < 4.78 is 22.1. The SMILES string of the molecule is CC[C@H]1C=CCC[C@@]2(C[C@@H]3CC[C@@H]4[C@H](C(=O)OCCCCCCCCCCCCCCCC(=O)O)[C@]5(CCC[C@@H](C)O5)NC(=[N+]34)N2)O1.[Cl-]. The van der Waals surface area contributed by atoms with Gasteiger partial charge in [0.05, 0.1) is 30.9 Å². The van der Waals surface area contributed by atoms with E-state index >= 15 is 0 Å². The number of hydrogen-bond acceptors (Lipinski definition) is 7. The maximum Gasteiger partial charge on any atom is 0.350 e. The van der Waals surface area contributed by atoms with Crippen LogP contribution in [-0.4, -0.2) is 69.9 Å². The Hall–Kier alpha value is -1.84. The Morgan fingerprint density at radius 3 is 2.23 bits per heavy atom. The lowest BCUT2D eigenvalue weighted by Crippen LogP contribution is -3.00. The van der Waals surface area contributed by atoms with Crippen LogP contribution in [0, 0.1) is 5.92 Å². The number of carboxylic acids is 1. The van der Waals surface area contributed by atoms with Crippen LogP contribution in [0.1, 0.15) is 162 Å². The minimum atomic E-state index is -0.751. The van der Waals surface area contributed by atoms with Crippen LogP contribution in [0.5, 0.6) is 0 Å². The lowest BCUT2D eigenvalue weighted by Gasteiger charge is -2.50. The number of aliphatic carboxylic acids is 1. The fourth-order valence-corrected chi connectivity index (χ4v) is 8.98. The first-order valence-electron chi connectivity index (χ1n) is 19.5. The van der Waals surface area contributed by atoms with Crippen molar-refractivity contribution in [1.29, 1.82) is 0 Å². The summed E-state index contributed by atoms with van der Waals surface area (Å²) in [6.45, 7) is 4.81. The highest BCUT2D eigenvalue weighted by atomic mass is 35.5. The lowest BCUT2D eigenvalue weighted by atomic mass is 9.80. The molecule has 5 heterocycles. The van der Waals surface area contributed by atoms with Gasteiger partial charge in [0.25, 0.3) is 0 Å². The highest BCUT2D eigenvalue weighted by molar-refractivity contribution is 5.82. The molecule has 0 aromatic heterocycles. The van der Waals surface area contributed by atoms with Gasteiger partial charge in [0.15, 0.2) is 11.6 Å². The molecule has 0 unspecified atom stereocenters. The molecule has 7 atom stereocenters. The molecule has 0 aromatic rings. The van der Waals surface area contributed by atoms with Gasteiger partial charge in [0, 0.05) is 25.7 Å². The molecule has 2 saturated heterocycles. The number of esters is 1. The molecule has 5 aliphatic rings. The molecule has 48 heavy (non-hydrogen) atoms. The van der Waals surface area contributed by atoms with E-state index in [0.29, 0.717) is 19.1 Å². The normalized spacial score (nSPS) is 32.2. The predicted molar refractivity (Wildman–Crippen MR) is 183 cm³/mol. The summed E-state index contributed by atoms with van der Waals surface area (Å²) in [6, 6.07) is 0.408. The minimum Gasteiger partial charge on any atom is -1.00 e. The van der Waals surface area contributed by atoms with E-state index in [1.807, 2.05) is 0 Å². The predicted octanol–water partition coefficient (Wildman–Crippen LogP) is 4.32. The number of carbonyl (C=O) groups is 2. The fourth-order valence-electron chi connectivity index (χ4n) is 8.98. The number of carbonyl (C=O) groups excluding carboxylic acids is 1. The van der Waals surface area contributed by atoms with Crippen molar-refractivity contribution in [3.05, 3.63) is 12.2 Å². The van der Waals surface area contributed by atoms with Gasteiger partial charge in [-0.3, -0.25) is 14.2 Å². The Morgan fingerprint density at radius 2 is 1.58 bits per heavy atom.